The van der Waals surface area contributed by atoms with E-state index in [1.807, 2.05) is 27.9 Å². The van der Waals surface area contributed by atoms with Crippen LogP contribution in [-0.2, 0) is 14.3 Å². The quantitative estimate of drug-likeness (QED) is 0.227. The average molecular weight is 453 g/mol. The van der Waals surface area contributed by atoms with Gasteiger partial charge in [-0.2, -0.15) is 11.8 Å². The van der Waals surface area contributed by atoms with Crippen LogP contribution in [0.4, 0.5) is 5.69 Å². The van der Waals surface area contributed by atoms with Gasteiger partial charge in [0.25, 0.3) is 5.91 Å². The number of rotatable bonds is 16. The van der Waals surface area contributed by atoms with Crippen LogP contribution in [0.3, 0.4) is 0 Å². The van der Waals surface area contributed by atoms with E-state index in [9.17, 15) is 9.59 Å². The predicted molar refractivity (Wildman–Crippen MR) is 127 cm³/mol. The molecule has 1 unspecified atom stereocenters. The second kappa shape index (κ2) is 15.8. The van der Waals surface area contributed by atoms with E-state index in [1.54, 1.807) is 24.3 Å². The second-order valence-corrected chi connectivity index (χ2v) is 8.13. The van der Waals surface area contributed by atoms with E-state index in [1.165, 1.54) is 11.8 Å². The van der Waals surface area contributed by atoms with Crippen LogP contribution in [0.15, 0.2) is 29.3 Å². The van der Waals surface area contributed by atoms with Crippen LogP contribution in [0, 0.1) is 0 Å². The second-order valence-electron chi connectivity index (χ2n) is 7.06. The van der Waals surface area contributed by atoms with E-state index in [-0.39, 0.29) is 18.1 Å². The van der Waals surface area contributed by atoms with Crippen LogP contribution >= 0.6 is 11.8 Å². The number of carbonyl (C=O) groups is 2. The van der Waals surface area contributed by atoms with E-state index in [4.69, 9.17) is 9.47 Å². The third kappa shape index (κ3) is 11.3. The molecule has 0 heterocycles. The van der Waals surface area contributed by atoms with Gasteiger partial charge in [0, 0.05) is 36.8 Å². The third-order valence-corrected chi connectivity index (χ3v) is 5.34. The van der Waals surface area contributed by atoms with Gasteiger partial charge in [0.15, 0.2) is 6.29 Å². The summed E-state index contributed by atoms with van der Waals surface area (Å²) >= 11 is 1.51. The van der Waals surface area contributed by atoms with Crippen LogP contribution in [0.2, 0.25) is 0 Å². The Bertz CT molecular complexity index is 664. The first kappa shape index (κ1) is 27.1. The number of carbonyl (C=O) groups excluding carboxylic acids is 2. The molecule has 2 N–H and O–H groups in total. The summed E-state index contributed by atoms with van der Waals surface area (Å²) in [7, 11) is 3.98. The molecule has 174 valence electrons. The minimum Gasteiger partial charge on any atom is -0.354 e. The minimum absolute atomic E-state index is 0.201. The fourth-order valence-electron chi connectivity index (χ4n) is 2.67. The number of amides is 2. The molecule has 31 heavy (non-hydrogen) atoms. The Hall–Kier alpha value is -1.94. The molecule has 0 aliphatic rings. The van der Waals surface area contributed by atoms with Crippen LogP contribution in [0.1, 0.15) is 30.6 Å². The molecular weight excluding hydrogens is 416 g/mol. The smallest absolute Gasteiger partial charge is 0.251 e. The van der Waals surface area contributed by atoms with Gasteiger partial charge in [-0.25, -0.2) is 0 Å². The maximum atomic E-state index is 12.7. The van der Waals surface area contributed by atoms with Crippen LogP contribution in [0.25, 0.3) is 0 Å². The number of nitrogens with one attached hydrogen (secondary N) is 2. The molecule has 0 saturated heterocycles. The topological polar surface area (TPSA) is 92.3 Å². The minimum atomic E-state index is -0.669. The Morgan fingerprint density at radius 2 is 1.77 bits per heavy atom. The van der Waals surface area contributed by atoms with E-state index < -0.39 is 6.04 Å². The summed E-state index contributed by atoms with van der Waals surface area (Å²) in [6.45, 7) is 9.81. The van der Waals surface area contributed by atoms with Crippen molar-refractivity contribution in [2.75, 3.05) is 51.9 Å². The van der Waals surface area contributed by atoms with E-state index in [2.05, 4.69) is 27.2 Å². The lowest BCUT2D eigenvalue weighted by atomic mass is 10.2. The molecule has 0 radical (unpaired) electrons. The fraction of sp³-hybridized carbons (Fsp3) is 0.591. The molecule has 0 aromatic heterocycles. The first-order valence-electron chi connectivity index (χ1n) is 10.5. The Balaban J connectivity index is 2.71. The number of ether oxygens (including phenoxy) is 2. The zero-order valence-electron chi connectivity index (χ0n) is 19.1. The van der Waals surface area contributed by atoms with Crippen molar-refractivity contribution in [3.05, 3.63) is 29.8 Å². The molecule has 0 fully saturated rings. The Morgan fingerprint density at radius 3 is 2.32 bits per heavy atom. The lowest BCUT2D eigenvalue weighted by molar-refractivity contribution is -0.122. The molecule has 0 aliphatic carbocycles. The van der Waals surface area contributed by atoms with Gasteiger partial charge in [0.1, 0.15) is 6.04 Å². The van der Waals surface area contributed by atoms with Crippen LogP contribution in [-0.4, -0.2) is 87.7 Å². The van der Waals surface area contributed by atoms with Crippen molar-refractivity contribution in [3.63, 3.8) is 0 Å². The summed E-state index contributed by atoms with van der Waals surface area (Å²) in [5.41, 5.74) is 1.14. The highest BCUT2D eigenvalue weighted by molar-refractivity contribution is 7.99. The Labute approximate surface area is 190 Å². The third-order valence-electron chi connectivity index (χ3n) is 4.26. The number of nitrogens with zero attached hydrogens (tertiary/aromatic N) is 2. The predicted octanol–water partition coefficient (Wildman–Crippen LogP) is 2.32. The molecule has 2 amide bonds. The lowest BCUT2D eigenvalue weighted by Gasteiger charge is -2.21. The number of thioether (sulfide) groups is 1. The molecule has 0 spiro atoms. The highest BCUT2D eigenvalue weighted by atomic mass is 32.2. The Kier molecular flexibility index (Phi) is 13.8. The number of aliphatic imine (C=N–C) groups is 1. The summed E-state index contributed by atoms with van der Waals surface area (Å²) in [5.74, 6) is 0.472. The van der Waals surface area contributed by atoms with Gasteiger partial charge in [0.2, 0.25) is 5.91 Å². The maximum Gasteiger partial charge on any atom is 0.251 e. The summed E-state index contributed by atoms with van der Waals surface area (Å²) in [6.07, 6.45) is 0.498. The first-order valence-corrected chi connectivity index (χ1v) is 11.7. The summed E-state index contributed by atoms with van der Waals surface area (Å²) < 4.78 is 11.1. The zero-order chi connectivity index (χ0) is 23.1. The van der Waals surface area contributed by atoms with Crippen LogP contribution < -0.4 is 10.6 Å². The van der Waals surface area contributed by atoms with Crippen molar-refractivity contribution < 1.29 is 19.1 Å². The summed E-state index contributed by atoms with van der Waals surface area (Å²) in [5, 5.41) is 5.77. The van der Waals surface area contributed by atoms with E-state index in [0.29, 0.717) is 42.5 Å². The summed E-state index contributed by atoms with van der Waals surface area (Å²) in [6, 6.07) is 6.08. The summed E-state index contributed by atoms with van der Waals surface area (Å²) in [4.78, 5) is 31.3. The van der Waals surface area contributed by atoms with Crippen molar-refractivity contribution in [2.45, 2.75) is 32.6 Å². The van der Waals surface area contributed by atoms with Gasteiger partial charge in [-0.3, -0.25) is 14.6 Å². The molecule has 1 aromatic rings. The standard InChI is InChI=1S/C22H36N4O4S/c1-6-29-20(30-7-2)16-31-15-19(22(28)24-13-8-14-26(4)5)25-21(27)17-9-11-18(23-3)12-10-17/h9-12,19-20H,3,6-8,13-16H2,1-2,4-5H3,(H,24,28)(H,25,27). The molecule has 9 heteroatoms. The van der Waals surface area contributed by atoms with E-state index in [0.717, 1.165) is 13.0 Å². The van der Waals surface area contributed by atoms with E-state index >= 15 is 0 Å². The highest BCUT2D eigenvalue weighted by Crippen LogP contribution is 2.13. The van der Waals surface area contributed by atoms with Crippen molar-refractivity contribution in [3.8, 4) is 0 Å². The Morgan fingerprint density at radius 1 is 1.13 bits per heavy atom. The molecule has 1 aromatic carbocycles. The number of benzene rings is 1. The fourth-order valence-corrected chi connectivity index (χ4v) is 3.66. The van der Waals surface area contributed by atoms with Crippen molar-refractivity contribution in [1.82, 2.24) is 15.5 Å². The molecule has 1 atom stereocenters. The molecule has 0 saturated carbocycles. The largest absolute Gasteiger partial charge is 0.354 e. The van der Waals surface area contributed by atoms with Gasteiger partial charge in [-0.05, 0) is 71.9 Å². The van der Waals surface area contributed by atoms with Gasteiger partial charge >= 0.3 is 0 Å². The molecule has 8 nitrogen and oxygen atoms in total. The van der Waals surface area contributed by atoms with Crippen molar-refractivity contribution >= 4 is 36.0 Å². The SMILES string of the molecule is C=Nc1ccc(C(=O)NC(CSCC(OCC)OCC)C(=O)NCCCN(C)C)cc1. The molecule has 1 rings (SSSR count). The van der Waals surface area contributed by atoms with Gasteiger partial charge < -0.3 is 25.0 Å². The normalized spacial score (nSPS) is 12.1. The van der Waals surface area contributed by atoms with Gasteiger partial charge in [-0.1, -0.05) is 0 Å². The lowest BCUT2D eigenvalue weighted by Crippen LogP contribution is -2.48. The van der Waals surface area contributed by atoms with Gasteiger partial charge in [0.05, 0.1) is 5.69 Å². The van der Waals surface area contributed by atoms with Crippen molar-refractivity contribution in [2.24, 2.45) is 4.99 Å². The first-order chi connectivity index (χ1) is 14.9. The highest BCUT2D eigenvalue weighted by Gasteiger charge is 2.22. The van der Waals surface area contributed by atoms with Gasteiger partial charge in [-0.15, -0.1) is 0 Å². The molecule has 0 bridgehead atoms. The zero-order valence-corrected chi connectivity index (χ0v) is 19.9. The molecular formula is C22H36N4O4S. The monoisotopic (exact) mass is 452 g/mol. The average Bonchev–Trinajstić information content (AvgIpc) is 2.76. The molecule has 0 aliphatic heterocycles. The maximum absolute atomic E-state index is 12.7. The number of hydrogen-bond acceptors (Lipinski definition) is 7. The van der Waals surface area contributed by atoms with Crippen LogP contribution in [0.5, 0.6) is 0 Å². The number of hydrogen-bond donors (Lipinski definition) is 2. The van der Waals surface area contributed by atoms with Crippen molar-refractivity contribution in [1.29, 1.82) is 0 Å².